The van der Waals surface area contributed by atoms with Crippen LogP contribution in [0.5, 0.6) is 0 Å². The lowest BCUT2D eigenvalue weighted by atomic mass is 9.94. The van der Waals surface area contributed by atoms with Crippen LogP contribution in [-0.4, -0.2) is 5.97 Å². The molecular weight excluding hydrogens is 212 g/mol. The molecule has 0 aromatic rings. The first kappa shape index (κ1) is 14.0. The third kappa shape index (κ3) is 4.76. The highest BCUT2D eigenvalue weighted by atomic mass is 16.5. The molecule has 1 aliphatic carbocycles. The maximum Gasteiger partial charge on any atom is 0.316 e. The van der Waals surface area contributed by atoms with Gasteiger partial charge >= 0.3 is 5.97 Å². The Morgan fingerprint density at radius 3 is 2.24 bits per heavy atom. The fraction of sp³-hybridized carbons (Fsp3) is 0.667. The van der Waals surface area contributed by atoms with E-state index in [4.69, 9.17) is 4.74 Å². The lowest BCUT2D eigenvalue weighted by Crippen LogP contribution is -2.22. The van der Waals surface area contributed by atoms with E-state index >= 15 is 0 Å². The summed E-state index contributed by atoms with van der Waals surface area (Å²) < 4.78 is 5.41. The summed E-state index contributed by atoms with van der Waals surface area (Å²) in [4.78, 5) is 11.8. The van der Waals surface area contributed by atoms with Gasteiger partial charge in [0.25, 0.3) is 0 Å². The van der Waals surface area contributed by atoms with Gasteiger partial charge in [-0.3, -0.25) is 4.79 Å². The van der Waals surface area contributed by atoms with Gasteiger partial charge in [-0.15, -0.1) is 0 Å². The Bertz CT molecular complexity index is 321. The van der Waals surface area contributed by atoms with Crippen LogP contribution in [-0.2, 0) is 9.53 Å². The first-order valence-electron chi connectivity index (χ1n) is 6.51. The van der Waals surface area contributed by atoms with E-state index in [1.807, 2.05) is 39.8 Å². The number of ether oxygens (including phenoxy) is 1. The Morgan fingerprint density at radius 1 is 1.18 bits per heavy atom. The molecule has 0 bridgehead atoms. The summed E-state index contributed by atoms with van der Waals surface area (Å²) in [6.45, 7) is 7.52. The molecule has 1 rings (SSSR count). The minimum atomic E-state index is -0.445. The molecule has 0 radical (unpaired) electrons. The molecule has 1 aliphatic rings. The molecule has 96 valence electrons. The second-order valence-corrected chi connectivity index (χ2v) is 5.69. The third-order valence-corrected chi connectivity index (χ3v) is 2.95. The van der Waals surface area contributed by atoms with Gasteiger partial charge in [0.15, 0.2) is 0 Å². The second kappa shape index (κ2) is 6.04. The molecule has 2 nitrogen and oxygen atoms in total. The molecule has 0 amide bonds. The fourth-order valence-electron chi connectivity index (χ4n) is 1.78. The number of hydrogen-bond donors (Lipinski definition) is 0. The molecule has 0 heterocycles. The fourth-order valence-corrected chi connectivity index (χ4v) is 1.78. The third-order valence-electron chi connectivity index (χ3n) is 2.95. The number of allylic oxidation sites excluding steroid dienone is 3. The second-order valence-electron chi connectivity index (χ2n) is 5.69. The van der Waals surface area contributed by atoms with Gasteiger partial charge in [0.05, 0.1) is 5.41 Å². The van der Waals surface area contributed by atoms with Gasteiger partial charge in [0.1, 0.15) is 5.76 Å². The van der Waals surface area contributed by atoms with Crippen LogP contribution in [0.15, 0.2) is 23.5 Å². The van der Waals surface area contributed by atoms with E-state index in [1.54, 1.807) is 0 Å². The van der Waals surface area contributed by atoms with Crippen LogP contribution < -0.4 is 0 Å². The Hall–Kier alpha value is -1.05. The molecule has 0 atom stereocenters. The van der Waals surface area contributed by atoms with Crippen molar-refractivity contribution in [1.82, 2.24) is 0 Å². The molecule has 0 saturated heterocycles. The summed E-state index contributed by atoms with van der Waals surface area (Å²) in [5.41, 5.74) is 0.963. The summed E-state index contributed by atoms with van der Waals surface area (Å²) >= 11 is 0. The molecule has 1 fully saturated rings. The van der Waals surface area contributed by atoms with Crippen molar-refractivity contribution in [3.63, 3.8) is 0 Å². The molecule has 0 spiro atoms. The van der Waals surface area contributed by atoms with Crippen LogP contribution in [0, 0.1) is 5.41 Å². The molecule has 2 heteroatoms. The molecule has 0 aliphatic heterocycles. The van der Waals surface area contributed by atoms with Crippen LogP contribution in [0.2, 0.25) is 0 Å². The monoisotopic (exact) mass is 236 g/mol. The quantitative estimate of drug-likeness (QED) is 0.525. The zero-order valence-electron chi connectivity index (χ0n) is 11.5. The minimum Gasteiger partial charge on any atom is -0.427 e. The summed E-state index contributed by atoms with van der Waals surface area (Å²) in [7, 11) is 0. The van der Waals surface area contributed by atoms with E-state index < -0.39 is 5.41 Å². The van der Waals surface area contributed by atoms with Gasteiger partial charge in [0.2, 0.25) is 0 Å². The van der Waals surface area contributed by atoms with Gasteiger partial charge in [0, 0.05) is 0 Å². The molecule has 0 aromatic carbocycles. The average Bonchev–Trinajstić information content (AvgIpc) is 2.28. The van der Waals surface area contributed by atoms with Gasteiger partial charge in [-0.05, 0) is 65.5 Å². The van der Waals surface area contributed by atoms with Crippen molar-refractivity contribution in [2.24, 2.45) is 5.41 Å². The van der Waals surface area contributed by atoms with Gasteiger partial charge in [-0.2, -0.15) is 0 Å². The van der Waals surface area contributed by atoms with Crippen molar-refractivity contribution < 1.29 is 9.53 Å². The van der Waals surface area contributed by atoms with Crippen molar-refractivity contribution in [2.45, 2.75) is 59.8 Å². The van der Waals surface area contributed by atoms with E-state index in [1.165, 1.54) is 24.8 Å². The molecule has 1 saturated carbocycles. The predicted octanol–water partition coefficient (Wildman–Crippen LogP) is 4.37. The van der Waals surface area contributed by atoms with Crippen molar-refractivity contribution in [3.8, 4) is 0 Å². The number of carbonyl (C=O) groups is 1. The summed E-state index contributed by atoms with van der Waals surface area (Å²) in [5, 5.41) is 0. The Kier molecular flexibility index (Phi) is 4.98. The van der Waals surface area contributed by atoms with Crippen molar-refractivity contribution >= 4 is 5.97 Å². The summed E-state index contributed by atoms with van der Waals surface area (Å²) in [6, 6.07) is 0. The Morgan fingerprint density at radius 2 is 1.76 bits per heavy atom. The highest BCUT2D eigenvalue weighted by molar-refractivity contribution is 5.76. The largest absolute Gasteiger partial charge is 0.427 e. The number of hydrogen-bond acceptors (Lipinski definition) is 2. The summed E-state index contributed by atoms with van der Waals surface area (Å²) in [6.07, 6.45) is 10.0. The maximum absolute atomic E-state index is 11.8. The van der Waals surface area contributed by atoms with E-state index in [0.717, 1.165) is 12.8 Å². The number of esters is 1. The highest BCUT2D eigenvalue weighted by Crippen LogP contribution is 2.25. The standard InChI is InChI=1S/C15H24O2/c1-5-13(17-14(16)15(2,3)4)11-12-9-7-6-8-10-12/h5,11H,6-10H2,1-4H3/b13-5-. The van der Waals surface area contributed by atoms with Crippen molar-refractivity contribution in [2.75, 3.05) is 0 Å². The average molecular weight is 236 g/mol. The SMILES string of the molecule is C/C=C(/C=C1CCCCC1)OC(=O)C(C)(C)C. The Labute approximate surface area is 105 Å². The molecular formula is C15H24O2. The minimum absolute atomic E-state index is 0.168. The lowest BCUT2D eigenvalue weighted by molar-refractivity contribution is -0.148. The van der Waals surface area contributed by atoms with Crippen molar-refractivity contribution in [1.29, 1.82) is 0 Å². The van der Waals surface area contributed by atoms with E-state index in [2.05, 4.69) is 0 Å². The Balaban J connectivity index is 2.64. The topological polar surface area (TPSA) is 26.3 Å². The molecule has 0 unspecified atom stereocenters. The smallest absolute Gasteiger partial charge is 0.316 e. The zero-order chi connectivity index (χ0) is 12.9. The highest BCUT2D eigenvalue weighted by Gasteiger charge is 2.24. The maximum atomic E-state index is 11.8. The van der Waals surface area contributed by atoms with Gasteiger partial charge in [-0.1, -0.05) is 12.0 Å². The van der Waals surface area contributed by atoms with Crippen LogP contribution in [0.1, 0.15) is 59.8 Å². The van der Waals surface area contributed by atoms with Crippen LogP contribution in [0.3, 0.4) is 0 Å². The first-order chi connectivity index (χ1) is 7.93. The lowest BCUT2D eigenvalue weighted by Gasteiger charge is -2.18. The molecule has 17 heavy (non-hydrogen) atoms. The normalized spacial score (nSPS) is 17.9. The van der Waals surface area contributed by atoms with Crippen molar-refractivity contribution in [3.05, 3.63) is 23.5 Å². The van der Waals surface area contributed by atoms with Crippen LogP contribution in [0.25, 0.3) is 0 Å². The summed E-state index contributed by atoms with van der Waals surface area (Å²) in [5.74, 6) is 0.528. The van der Waals surface area contributed by atoms with E-state index in [0.29, 0.717) is 5.76 Å². The van der Waals surface area contributed by atoms with Gasteiger partial charge < -0.3 is 4.74 Å². The van der Waals surface area contributed by atoms with E-state index in [9.17, 15) is 4.79 Å². The zero-order valence-corrected chi connectivity index (χ0v) is 11.5. The van der Waals surface area contributed by atoms with Crippen LogP contribution >= 0.6 is 0 Å². The van der Waals surface area contributed by atoms with Gasteiger partial charge in [-0.25, -0.2) is 0 Å². The number of carbonyl (C=O) groups excluding carboxylic acids is 1. The van der Waals surface area contributed by atoms with Crippen LogP contribution in [0.4, 0.5) is 0 Å². The molecule has 0 aromatic heterocycles. The number of rotatable bonds is 2. The molecule has 0 N–H and O–H groups in total. The predicted molar refractivity (Wildman–Crippen MR) is 70.5 cm³/mol. The van der Waals surface area contributed by atoms with E-state index in [-0.39, 0.29) is 5.97 Å². The first-order valence-corrected chi connectivity index (χ1v) is 6.51.